The third-order valence-electron chi connectivity index (χ3n) is 3.73. The lowest BCUT2D eigenvalue weighted by atomic mass is 10.3. The van der Waals surface area contributed by atoms with Crippen molar-refractivity contribution in [3.8, 4) is 0 Å². The molecule has 2 aliphatic heterocycles. The molecule has 2 rings (SSSR count). The van der Waals surface area contributed by atoms with Gasteiger partial charge in [-0.3, -0.25) is 0 Å². The van der Waals surface area contributed by atoms with E-state index in [1.165, 1.54) is 0 Å². The first kappa shape index (κ1) is 11.7. The van der Waals surface area contributed by atoms with Gasteiger partial charge in [-0.2, -0.15) is 0 Å². The lowest BCUT2D eigenvalue weighted by Crippen LogP contribution is -2.43. The number of likely N-dealkylation sites (tertiary alicyclic amines) is 2. The van der Waals surface area contributed by atoms with E-state index in [4.69, 9.17) is 0 Å². The fourth-order valence-corrected chi connectivity index (χ4v) is 2.54. The van der Waals surface area contributed by atoms with Crippen LogP contribution in [0, 0.1) is 0 Å². The van der Waals surface area contributed by atoms with E-state index in [0.717, 1.165) is 39.0 Å². The second kappa shape index (κ2) is 5.01. The Morgan fingerprint density at radius 2 is 1.44 bits per heavy atom. The summed E-state index contributed by atoms with van der Waals surface area (Å²) in [6.07, 6.45) is 2.15. The molecule has 2 atom stereocenters. The molecule has 5 heteroatoms. The predicted octanol–water partition coefficient (Wildman–Crippen LogP) is -0.306. The van der Waals surface area contributed by atoms with Crippen molar-refractivity contribution in [2.75, 3.05) is 40.3 Å². The molecule has 0 aromatic rings. The Balaban J connectivity index is 1.84. The summed E-state index contributed by atoms with van der Waals surface area (Å²) in [4.78, 5) is 16.1. The molecule has 0 spiro atoms. The van der Waals surface area contributed by atoms with Crippen molar-refractivity contribution in [2.24, 2.45) is 0 Å². The Kier molecular flexibility index (Phi) is 3.66. The maximum absolute atomic E-state index is 12.2. The maximum Gasteiger partial charge on any atom is 0.320 e. The van der Waals surface area contributed by atoms with Crippen molar-refractivity contribution < 1.29 is 4.79 Å². The van der Waals surface area contributed by atoms with Gasteiger partial charge in [-0.15, -0.1) is 0 Å². The maximum atomic E-state index is 12.2. The summed E-state index contributed by atoms with van der Waals surface area (Å²) in [6, 6.07) is 1.17. The lowest BCUT2D eigenvalue weighted by Gasteiger charge is -2.24. The van der Waals surface area contributed by atoms with Crippen LogP contribution in [0.2, 0.25) is 0 Å². The molecule has 0 radical (unpaired) electrons. The first-order valence-electron chi connectivity index (χ1n) is 6.13. The van der Waals surface area contributed by atoms with Gasteiger partial charge >= 0.3 is 6.03 Å². The molecule has 0 aliphatic carbocycles. The zero-order chi connectivity index (χ0) is 11.5. The number of likely N-dealkylation sites (N-methyl/N-ethyl adjacent to an activating group) is 2. The molecule has 0 saturated carbocycles. The minimum atomic E-state index is 0.218. The van der Waals surface area contributed by atoms with Crippen LogP contribution >= 0.6 is 0 Å². The number of nitrogens with zero attached hydrogens (tertiary/aromatic N) is 2. The molecule has 0 bridgehead atoms. The summed E-state index contributed by atoms with van der Waals surface area (Å²) < 4.78 is 0. The summed E-state index contributed by atoms with van der Waals surface area (Å²) >= 11 is 0. The molecule has 2 N–H and O–H groups in total. The van der Waals surface area contributed by atoms with E-state index < -0.39 is 0 Å². The van der Waals surface area contributed by atoms with E-state index in [0.29, 0.717) is 12.1 Å². The monoisotopic (exact) mass is 226 g/mol. The highest BCUT2D eigenvalue weighted by molar-refractivity contribution is 5.75. The Morgan fingerprint density at radius 1 is 1.00 bits per heavy atom. The smallest absolute Gasteiger partial charge is 0.320 e. The lowest BCUT2D eigenvalue weighted by molar-refractivity contribution is 0.171. The van der Waals surface area contributed by atoms with Crippen molar-refractivity contribution in [1.29, 1.82) is 0 Å². The zero-order valence-electron chi connectivity index (χ0n) is 10.2. The molecule has 2 fully saturated rings. The molecule has 16 heavy (non-hydrogen) atoms. The number of carbonyl (C=O) groups is 1. The topological polar surface area (TPSA) is 47.6 Å². The molecule has 0 unspecified atom stereocenters. The fraction of sp³-hybridized carbons (Fsp3) is 0.909. The van der Waals surface area contributed by atoms with Crippen molar-refractivity contribution in [2.45, 2.75) is 24.9 Å². The standard InChI is InChI=1S/C11H22N4O/c1-12-9-3-5-14(7-9)11(16)15-6-4-10(8-15)13-2/h9-10,12-13H,3-8H2,1-2H3/t9-,10-/m1/s1. The van der Waals surface area contributed by atoms with Crippen molar-refractivity contribution >= 4 is 6.03 Å². The van der Waals surface area contributed by atoms with E-state index in [1.54, 1.807) is 0 Å². The van der Waals surface area contributed by atoms with Gasteiger partial charge in [0.2, 0.25) is 0 Å². The second-order valence-corrected chi connectivity index (χ2v) is 4.72. The zero-order valence-corrected chi connectivity index (χ0v) is 10.2. The minimum absolute atomic E-state index is 0.218. The van der Waals surface area contributed by atoms with E-state index in [1.807, 2.05) is 23.9 Å². The van der Waals surface area contributed by atoms with Crippen LogP contribution in [0.4, 0.5) is 4.79 Å². The van der Waals surface area contributed by atoms with Gasteiger partial charge < -0.3 is 20.4 Å². The summed E-state index contributed by atoms with van der Waals surface area (Å²) in [5, 5.41) is 6.47. The molecule has 2 heterocycles. The van der Waals surface area contributed by atoms with E-state index in [9.17, 15) is 4.79 Å². The van der Waals surface area contributed by atoms with Crippen molar-refractivity contribution in [3.63, 3.8) is 0 Å². The Morgan fingerprint density at radius 3 is 1.75 bits per heavy atom. The number of urea groups is 1. The largest absolute Gasteiger partial charge is 0.323 e. The number of hydrogen-bond donors (Lipinski definition) is 2. The van der Waals surface area contributed by atoms with E-state index in [2.05, 4.69) is 10.6 Å². The number of carbonyl (C=O) groups excluding carboxylic acids is 1. The number of hydrogen-bond acceptors (Lipinski definition) is 3. The van der Waals surface area contributed by atoms with Crippen LogP contribution in [-0.4, -0.2) is 68.2 Å². The number of amides is 2. The molecule has 92 valence electrons. The summed E-state index contributed by atoms with van der Waals surface area (Å²) in [7, 11) is 3.93. The van der Waals surface area contributed by atoms with Crippen LogP contribution in [0.15, 0.2) is 0 Å². The van der Waals surface area contributed by atoms with E-state index in [-0.39, 0.29) is 6.03 Å². The van der Waals surface area contributed by atoms with Crippen LogP contribution in [-0.2, 0) is 0 Å². The average molecular weight is 226 g/mol. The van der Waals surface area contributed by atoms with Crippen molar-refractivity contribution in [1.82, 2.24) is 20.4 Å². The highest BCUT2D eigenvalue weighted by atomic mass is 16.2. The quantitative estimate of drug-likeness (QED) is 0.679. The van der Waals surface area contributed by atoms with Crippen LogP contribution in [0.5, 0.6) is 0 Å². The highest BCUT2D eigenvalue weighted by Crippen LogP contribution is 2.15. The van der Waals surface area contributed by atoms with Gasteiger partial charge in [-0.25, -0.2) is 4.79 Å². The normalized spacial score (nSPS) is 30.1. The molecule has 2 saturated heterocycles. The molecular weight excluding hydrogens is 204 g/mol. The molecule has 5 nitrogen and oxygen atoms in total. The first-order valence-corrected chi connectivity index (χ1v) is 6.13. The number of rotatable bonds is 2. The predicted molar refractivity (Wildman–Crippen MR) is 63.5 cm³/mol. The fourth-order valence-electron chi connectivity index (χ4n) is 2.54. The molecule has 2 aliphatic rings. The SMILES string of the molecule is CN[C@@H]1CCN(C(=O)N2CC[C@@H](NC)C2)C1. The third kappa shape index (κ3) is 2.30. The van der Waals surface area contributed by atoms with Gasteiger partial charge in [0, 0.05) is 38.3 Å². The van der Waals surface area contributed by atoms with Gasteiger partial charge in [0.1, 0.15) is 0 Å². The van der Waals surface area contributed by atoms with Gasteiger partial charge in [0.05, 0.1) is 0 Å². The summed E-state index contributed by atoms with van der Waals surface area (Å²) in [6.45, 7) is 3.50. The van der Waals surface area contributed by atoms with Gasteiger partial charge in [-0.05, 0) is 26.9 Å². The highest BCUT2D eigenvalue weighted by Gasteiger charge is 2.32. The third-order valence-corrected chi connectivity index (χ3v) is 3.73. The average Bonchev–Trinajstić information content (AvgIpc) is 2.97. The minimum Gasteiger partial charge on any atom is -0.323 e. The van der Waals surface area contributed by atoms with Crippen molar-refractivity contribution in [3.05, 3.63) is 0 Å². The van der Waals surface area contributed by atoms with Crippen LogP contribution in [0.1, 0.15) is 12.8 Å². The van der Waals surface area contributed by atoms with Crippen LogP contribution in [0.25, 0.3) is 0 Å². The number of nitrogens with one attached hydrogen (secondary N) is 2. The summed E-state index contributed by atoms with van der Waals surface area (Å²) in [5.74, 6) is 0. The van der Waals surface area contributed by atoms with Gasteiger partial charge in [0.25, 0.3) is 0 Å². The first-order chi connectivity index (χ1) is 7.74. The molecule has 2 amide bonds. The molecule has 0 aromatic heterocycles. The Bertz CT molecular complexity index is 234. The van der Waals surface area contributed by atoms with E-state index >= 15 is 0 Å². The Labute approximate surface area is 97.2 Å². The van der Waals surface area contributed by atoms with Gasteiger partial charge in [0.15, 0.2) is 0 Å². The second-order valence-electron chi connectivity index (χ2n) is 4.72. The van der Waals surface area contributed by atoms with Crippen LogP contribution in [0.3, 0.4) is 0 Å². The summed E-state index contributed by atoms with van der Waals surface area (Å²) in [5.41, 5.74) is 0. The molecular formula is C11H22N4O. The Hall–Kier alpha value is -0.810. The van der Waals surface area contributed by atoms with Gasteiger partial charge in [-0.1, -0.05) is 0 Å². The van der Waals surface area contributed by atoms with Crippen LogP contribution < -0.4 is 10.6 Å². The molecule has 0 aromatic carbocycles.